The van der Waals surface area contributed by atoms with Crippen LogP contribution in [0.15, 0.2) is 24.3 Å². The van der Waals surface area contributed by atoms with Gasteiger partial charge in [0.15, 0.2) is 0 Å². The molecule has 0 aliphatic rings. The van der Waals surface area contributed by atoms with Gasteiger partial charge in [0.2, 0.25) is 0 Å². The zero-order valence-electron chi connectivity index (χ0n) is 10.1. The molecule has 90 valence electrons. The molecule has 2 rings (SSSR count). The number of rotatable bonds is 4. The molecule has 0 fully saturated rings. The van der Waals surface area contributed by atoms with Crippen molar-refractivity contribution in [3.05, 3.63) is 34.2 Å². The van der Waals surface area contributed by atoms with E-state index in [4.69, 9.17) is 10.5 Å². The summed E-state index contributed by atoms with van der Waals surface area (Å²) < 4.78 is 5.42. The van der Waals surface area contributed by atoms with E-state index in [0.29, 0.717) is 13.2 Å². The molecule has 2 aromatic rings. The smallest absolute Gasteiger partial charge is 0.119 e. The predicted molar refractivity (Wildman–Crippen MR) is 71.3 cm³/mol. The Bertz CT molecular complexity index is 491. The summed E-state index contributed by atoms with van der Waals surface area (Å²) in [6.07, 6.45) is 0. The van der Waals surface area contributed by atoms with Gasteiger partial charge in [0, 0.05) is 17.0 Å². The van der Waals surface area contributed by atoms with E-state index in [0.717, 1.165) is 26.9 Å². The number of aromatic nitrogens is 1. The predicted octanol–water partition coefficient (Wildman–Crippen LogP) is 2.98. The van der Waals surface area contributed by atoms with Gasteiger partial charge in [-0.2, -0.15) is 0 Å². The van der Waals surface area contributed by atoms with Gasteiger partial charge in [-0.15, -0.1) is 11.3 Å². The fraction of sp³-hybridized carbons (Fsp3) is 0.308. The highest BCUT2D eigenvalue weighted by Gasteiger charge is 2.09. The van der Waals surface area contributed by atoms with E-state index in [1.54, 1.807) is 11.3 Å². The maximum atomic E-state index is 5.72. The molecule has 1 aromatic heterocycles. The van der Waals surface area contributed by atoms with Gasteiger partial charge in [0.1, 0.15) is 5.75 Å². The summed E-state index contributed by atoms with van der Waals surface area (Å²) in [5.74, 6) is 0.887. The van der Waals surface area contributed by atoms with Crippen LogP contribution in [0.25, 0.3) is 11.3 Å². The Morgan fingerprint density at radius 3 is 2.59 bits per heavy atom. The number of hydrogen-bond donors (Lipinski definition) is 1. The van der Waals surface area contributed by atoms with E-state index in [2.05, 4.69) is 4.98 Å². The van der Waals surface area contributed by atoms with Crippen LogP contribution in [-0.4, -0.2) is 11.6 Å². The maximum Gasteiger partial charge on any atom is 0.119 e. The Balaban J connectivity index is 2.32. The second-order valence-corrected chi connectivity index (χ2v) is 4.95. The van der Waals surface area contributed by atoms with Crippen LogP contribution in [0.4, 0.5) is 0 Å². The molecule has 0 radical (unpaired) electrons. The lowest BCUT2D eigenvalue weighted by Crippen LogP contribution is -1.96. The van der Waals surface area contributed by atoms with Crippen LogP contribution in [0.3, 0.4) is 0 Å². The molecule has 2 N–H and O–H groups in total. The van der Waals surface area contributed by atoms with Gasteiger partial charge in [0.05, 0.1) is 17.3 Å². The van der Waals surface area contributed by atoms with Gasteiger partial charge in [-0.3, -0.25) is 0 Å². The van der Waals surface area contributed by atoms with Crippen LogP contribution in [0, 0.1) is 6.92 Å². The molecular weight excluding hydrogens is 232 g/mol. The van der Waals surface area contributed by atoms with Crippen molar-refractivity contribution in [3.63, 3.8) is 0 Å². The Kier molecular flexibility index (Phi) is 3.76. The first kappa shape index (κ1) is 12.1. The summed E-state index contributed by atoms with van der Waals surface area (Å²) >= 11 is 1.66. The molecule has 0 saturated carbocycles. The molecule has 0 amide bonds. The lowest BCUT2D eigenvalue weighted by molar-refractivity contribution is 0.340. The first-order valence-corrected chi connectivity index (χ1v) is 6.46. The minimum Gasteiger partial charge on any atom is -0.494 e. The van der Waals surface area contributed by atoms with Gasteiger partial charge in [-0.05, 0) is 38.1 Å². The quantitative estimate of drug-likeness (QED) is 0.905. The Labute approximate surface area is 105 Å². The summed E-state index contributed by atoms with van der Waals surface area (Å²) in [6.45, 7) is 5.20. The van der Waals surface area contributed by atoms with Crippen molar-refractivity contribution in [2.24, 2.45) is 5.73 Å². The highest BCUT2D eigenvalue weighted by Crippen LogP contribution is 2.28. The van der Waals surface area contributed by atoms with Gasteiger partial charge < -0.3 is 10.5 Å². The number of nitrogens with two attached hydrogens (primary N) is 1. The molecule has 3 nitrogen and oxygen atoms in total. The standard InChI is InChI=1S/C13H16N2OS/c1-3-16-11-6-4-10(5-7-11)13-12(8-14)17-9(2)15-13/h4-7H,3,8,14H2,1-2H3. The molecule has 17 heavy (non-hydrogen) atoms. The molecule has 0 bridgehead atoms. The number of nitrogens with zero attached hydrogens (tertiary/aromatic N) is 1. The second-order valence-electron chi connectivity index (χ2n) is 3.67. The van der Waals surface area contributed by atoms with Crippen molar-refractivity contribution in [2.45, 2.75) is 20.4 Å². The number of hydrogen-bond acceptors (Lipinski definition) is 4. The van der Waals surface area contributed by atoms with E-state index in [1.165, 1.54) is 0 Å². The normalized spacial score (nSPS) is 10.5. The first-order chi connectivity index (χ1) is 8.24. The fourth-order valence-electron chi connectivity index (χ4n) is 1.71. The zero-order valence-corrected chi connectivity index (χ0v) is 10.9. The van der Waals surface area contributed by atoms with Gasteiger partial charge >= 0.3 is 0 Å². The number of benzene rings is 1. The van der Waals surface area contributed by atoms with Crippen LogP contribution < -0.4 is 10.5 Å². The number of aryl methyl sites for hydroxylation is 1. The van der Waals surface area contributed by atoms with Crippen LogP contribution in [-0.2, 0) is 6.54 Å². The average molecular weight is 248 g/mol. The van der Waals surface area contributed by atoms with Crippen LogP contribution >= 0.6 is 11.3 Å². The lowest BCUT2D eigenvalue weighted by atomic mass is 10.1. The van der Waals surface area contributed by atoms with Crippen molar-refractivity contribution < 1.29 is 4.74 Å². The van der Waals surface area contributed by atoms with Crippen LogP contribution in [0.2, 0.25) is 0 Å². The molecule has 0 aliphatic heterocycles. The summed E-state index contributed by atoms with van der Waals surface area (Å²) in [4.78, 5) is 5.66. The van der Waals surface area contributed by atoms with Crippen molar-refractivity contribution in [1.82, 2.24) is 4.98 Å². The molecule has 0 spiro atoms. The minimum atomic E-state index is 0.536. The van der Waals surface area contributed by atoms with E-state index < -0.39 is 0 Å². The van der Waals surface area contributed by atoms with Gasteiger partial charge in [-0.1, -0.05) is 0 Å². The minimum absolute atomic E-state index is 0.536. The number of ether oxygens (including phenoxy) is 1. The Morgan fingerprint density at radius 1 is 1.29 bits per heavy atom. The first-order valence-electron chi connectivity index (χ1n) is 5.64. The summed E-state index contributed by atoms with van der Waals surface area (Å²) in [5.41, 5.74) is 7.82. The fourth-order valence-corrected chi connectivity index (χ4v) is 2.55. The van der Waals surface area contributed by atoms with E-state index in [-0.39, 0.29) is 0 Å². The average Bonchev–Trinajstić information content (AvgIpc) is 2.72. The van der Waals surface area contributed by atoms with Gasteiger partial charge in [-0.25, -0.2) is 4.98 Å². The third-order valence-electron chi connectivity index (χ3n) is 2.43. The third kappa shape index (κ3) is 2.65. The largest absolute Gasteiger partial charge is 0.494 e. The van der Waals surface area contributed by atoms with E-state index >= 15 is 0 Å². The van der Waals surface area contributed by atoms with E-state index in [9.17, 15) is 0 Å². The van der Waals surface area contributed by atoms with Gasteiger partial charge in [0.25, 0.3) is 0 Å². The Hall–Kier alpha value is -1.39. The summed E-state index contributed by atoms with van der Waals surface area (Å²) in [7, 11) is 0. The maximum absolute atomic E-state index is 5.72. The molecule has 0 unspecified atom stereocenters. The van der Waals surface area contributed by atoms with Crippen LogP contribution in [0.1, 0.15) is 16.8 Å². The highest BCUT2D eigenvalue weighted by atomic mass is 32.1. The SMILES string of the molecule is CCOc1ccc(-c2nc(C)sc2CN)cc1. The molecule has 1 aromatic carbocycles. The van der Waals surface area contributed by atoms with Crippen molar-refractivity contribution >= 4 is 11.3 Å². The summed E-state index contributed by atoms with van der Waals surface area (Å²) in [5, 5.41) is 1.05. The number of thiazole rings is 1. The zero-order chi connectivity index (χ0) is 12.3. The molecule has 0 atom stereocenters. The van der Waals surface area contributed by atoms with Crippen molar-refractivity contribution in [2.75, 3.05) is 6.61 Å². The third-order valence-corrected chi connectivity index (χ3v) is 3.42. The topological polar surface area (TPSA) is 48.1 Å². The van der Waals surface area contributed by atoms with Crippen molar-refractivity contribution in [1.29, 1.82) is 0 Å². The molecule has 0 aliphatic carbocycles. The molecule has 0 saturated heterocycles. The lowest BCUT2D eigenvalue weighted by Gasteiger charge is -2.04. The monoisotopic (exact) mass is 248 g/mol. The van der Waals surface area contributed by atoms with Crippen molar-refractivity contribution in [3.8, 4) is 17.0 Å². The van der Waals surface area contributed by atoms with E-state index in [1.807, 2.05) is 38.1 Å². The summed E-state index contributed by atoms with van der Waals surface area (Å²) in [6, 6.07) is 7.99. The van der Waals surface area contributed by atoms with Crippen LogP contribution in [0.5, 0.6) is 5.75 Å². The molecule has 1 heterocycles. The molecule has 4 heteroatoms. The molecular formula is C13H16N2OS. The highest BCUT2D eigenvalue weighted by molar-refractivity contribution is 7.12. The Morgan fingerprint density at radius 2 is 2.00 bits per heavy atom. The second kappa shape index (κ2) is 5.29.